The maximum Gasteiger partial charge on any atom is 0.203 e. The van der Waals surface area contributed by atoms with E-state index in [0.29, 0.717) is 41.6 Å². The molecule has 0 radical (unpaired) electrons. The van der Waals surface area contributed by atoms with Gasteiger partial charge in [0, 0.05) is 18.6 Å². The lowest BCUT2D eigenvalue weighted by atomic mass is 9.79. The highest BCUT2D eigenvalue weighted by atomic mass is 16.8. The minimum absolute atomic E-state index is 0.136. The van der Waals surface area contributed by atoms with Gasteiger partial charge in [0.05, 0.1) is 12.9 Å². The van der Waals surface area contributed by atoms with Crippen LogP contribution < -0.4 is 5.73 Å². The number of anilines is 1. The number of hydrogen-bond donors (Lipinski definition) is 1. The predicted molar refractivity (Wildman–Crippen MR) is 116 cm³/mol. The number of nitrogen functional groups attached to an aromatic ring is 1. The van der Waals surface area contributed by atoms with Crippen LogP contribution in [0.15, 0.2) is 25.3 Å². The van der Waals surface area contributed by atoms with E-state index in [2.05, 4.69) is 46.4 Å². The van der Waals surface area contributed by atoms with Gasteiger partial charge in [-0.05, 0) is 46.5 Å². The molecule has 2 aromatic rings. The molecule has 31 heavy (non-hydrogen) atoms. The number of hydrogen-bond acceptors (Lipinski definition) is 8. The van der Waals surface area contributed by atoms with E-state index in [4.69, 9.17) is 19.9 Å². The van der Waals surface area contributed by atoms with E-state index in [9.17, 15) is 0 Å². The number of imidazole rings is 1. The molecule has 2 N–H and O–H groups in total. The van der Waals surface area contributed by atoms with Crippen LogP contribution in [0.1, 0.15) is 40.5 Å². The molecule has 0 spiro atoms. The van der Waals surface area contributed by atoms with Crippen molar-refractivity contribution < 1.29 is 14.2 Å². The normalized spacial score (nSPS) is 34.4. The van der Waals surface area contributed by atoms with Gasteiger partial charge in [-0.2, -0.15) is 0 Å². The Morgan fingerprint density at radius 2 is 2.10 bits per heavy atom. The Balaban J connectivity index is 1.46. The molecule has 5 rings (SSSR count). The highest BCUT2D eigenvalue weighted by Crippen LogP contribution is 2.48. The van der Waals surface area contributed by atoms with Gasteiger partial charge in [0.2, 0.25) is 5.72 Å². The predicted octanol–water partition coefficient (Wildman–Crippen LogP) is 2.29. The minimum atomic E-state index is -0.852. The average Bonchev–Trinajstić information content (AvgIpc) is 3.31. The molecule has 3 atom stereocenters. The van der Waals surface area contributed by atoms with E-state index in [0.717, 1.165) is 19.4 Å². The maximum absolute atomic E-state index is 6.50. The van der Waals surface area contributed by atoms with Gasteiger partial charge in [0.1, 0.15) is 24.1 Å². The number of fused-ring (bicyclic) bond motifs is 2. The number of aromatic nitrogens is 4. The lowest BCUT2D eigenvalue weighted by molar-refractivity contribution is -0.206. The van der Waals surface area contributed by atoms with Crippen LogP contribution in [0.25, 0.3) is 11.2 Å². The molecule has 9 nitrogen and oxygen atoms in total. The minimum Gasteiger partial charge on any atom is -0.382 e. The topological polar surface area (TPSA) is 101 Å². The summed E-state index contributed by atoms with van der Waals surface area (Å²) in [6, 6.07) is 0.949. The lowest BCUT2D eigenvalue weighted by Gasteiger charge is -2.45. The van der Waals surface area contributed by atoms with Crippen molar-refractivity contribution in [3.05, 3.63) is 25.3 Å². The molecule has 9 heteroatoms. The standard InChI is InChI=1S/C22H32N6O3/c1-6-14-7-15(8-14)27(13(2)3)9-16-18-22(10-29-16,31-21(4,5)30-18)28-12-26-17-19(23)24-11-25-20(17)28/h6,11-16,18H,1,7-10H2,2-5H3,(H2,23,24,25)/t14?,15?,16-,18-,22-/m1/s1. The summed E-state index contributed by atoms with van der Waals surface area (Å²) in [5.74, 6) is 0.204. The molecule has 0 amide bonds. The summed E-state index contributed by atoms with van der Waals surface area (Å²) in [6.07, 6.45) is 7.09. The molecule has 0 bridgehead atoms. The Labute approximate surface area is 182 Å². The van der Waals surface area contributed by atoms with Crippen molar-refractivity contribution in [3.8, 4) is 0 Å². The third-order valence-electron chi connectivity index (χ3n) is 6.90. The van der Waals surface area contributed by atoms with Crippen molar-refractivity contribution in [2.75, 3.05) is 18.9 Å². The largest absolute Gasteiger partial charge is 0.382 e. The Morgan fingerprint density at radius 3 is 2.81 bits per heavy atom. The van der Waals surface area contributed by atoms with Crippen molar-refractivity contribution >= 4 is 17.0 Å². The molecule has 2 aliphatic heterocycles. The Morgan fingerprint density at radius 1 is 1.32 bits per heavy atom. The lowest BCUT2D eigenvalue weighted by Crippen LogP contribution is -2.53. The highest BCUT2D eigenvalue weighted by Gasteiger charge is 2.63. The molecule has 3 fully saturated rings. The zero-order chi connectivity index (χ0) is 22.0. The summed E-state index contributed by atoms with van der Waals surface area (Å²) in [5, 5.41) is 0. The van der Waals surface area contributed by atoms with Crippen LogP contribution in [0, 0.1) is 5.92 Å². The molecule has 168 valence electrons. The third-order valence-corrected chi connectivity index (χ3v) is 6.90. The van der Waals surface area contributed by atoms with Gasteiger partial charge in [-0.25, -0.2) is 15.0 Å². The van der Waals surface area contributed by atoms with Gasteiger partial charge in [-0.3, -0.25) is 9.47 Å². The second kappa shape index (κ2) is 7.23. The van der Waals surface area contributed by atoms with Gasteiger partial charge < -0.3 is 19.9 Å². The summed E-state index contributed by atoms with van der Waals surface area (Å²) in [5.41, 5.74) is 6.34. The van der Waals surface area contributed by atoms with Gasteiger partial charge in [0.25, 0.3) is 0 Å². The Hall–Kier alpha value is -2.07. The number of allylic oxidation sites excluding steroid dienone is 1. The van der Waals surface area contributed by atoms with E-state index in [1.54, 1.807) is 6.33 Å². The van der Waals surface area contributed by atoms with Crippen molar-refractivity contribution in [2.24, 2.45) is 5.92 Å². The van der Waals surface area contributed by atoms with E-state index in [1.807, 2.05) is 18.4 Å². The molecule has 1 aliphatic carbocycles. The fraction of sp³-hybridized carbons (Fsp3) is 0.682. The zero-order valence-corrected chi connectivity index (χ0v) is 18.7. The molecule has 0 aromatic carbocycles. The molecule has 0 unspecified atom stereocenters. The summed E-state index contributed by atoms with van der Waals surface area (Å²) in [7, 11) is 0. The van der Waals surface area contributed by atoms with Crippen LogP contribution in [-0.2, 0) is 19.9 Å². The zero-order valence-electron chi connectivity index (χ0n) is 18.7. The second-order valence-electron chi connectivity index (χ2n) is 9.69. The van der Waals surface area contributed by atoms with E-state index in [-0.39, 0.29) is 12.2 Å². The first-order valence-electron chi connectivity index (χ1n) is 11.1. The Kier molecular flexibility index (Phi) is 4.85. The van der Waals surface area contributed by atoms with Crippen molar-refractivity contribution in [1.29, 1.82) is 0 Å². The first-order valence-corrected chi connectivity index (χ1v) is 11.1. The number of ether oxygens (including phenoxy) is 3. The smallest absolute Gasteiger partial charge is 0.203 e. The molecule has 2 aromatic heterocycles. The molecule has 2 saturated heterocycles. The summed E-state index contributed by atoms with van der Waals surface area (Å²) in [4.78, 5) is 15.5. The third kappa shape index (κ3) is 3.26. The summed E-state index contributed by atoms with van der Waals surface area (Å²) >= 11 is 0. The van der Waals surface area contributed by atoms with Crippen LogP contribution in [-0.4, -0.2) is 67.6 Å². The number of nitrogens with zero attached hydrogens (tertiary/aromatic N) is 5. The van der Waals surface area contributed by atoms with E-state index in [1.165, 1.54) is 6.33 Å². The first-order chi connectivity index (χ1) is 14.7. The van der Waals surface area contributed by atoms with E-state index < -0.39 is 11.5 Å². The van der Waals surface area contributed by atoms with Crippen molar-refractivity contribution in [3.63, 3.8) is 0 Å². The molecular formula is C22H32N6O3. The molecule has 3 aliphatic rings. The van der Waals surface area contributed by atoms with Crippen LogP contribution in [0.4, 0.5) is 5.82 Å². The van der Waals surface area contributed by atoms with E-state index >= 15 is 0 Å². The maximum atomic E-state index is 6.50. The molecule has 4 heterocycles. The van der Waals surface area contributed by atoms with Gasteiger partial charge in [-0.1, -0.05) is 6.08 Å². The quantitative estimate of drug-likeness (QED) is 0.700. The van der Waals surface area contributed by atoms with Gasteiger partial charge >= 0.3 is 0 Å². The SMILES string of the molecule is C=CC1CC(N(C[C@H]2OC[C@@]3(n4cnc5c(N)ncnc54)OC(C)(C)O[C@H]23)C(C)C)C1. The monoisotopic (exact) mass is 428 g/mol. The van der Waals surface area contributed by atoms with Crippen LogP contribution in [0.3, 0.4) is 0 Å². The van der Waals surface area contributed by atoms with Gasteiger partial charge in [0.15, 0.2) is 17.3 Å². The molecular weight excluding hydrogens is 396 g/mol. The number of rotatable bonds is 6. The van der Waals surface area contributed by atoms with Crippen LogP contribution in [0.5, 0.6) is 0 Å². The van der Waals surface area contributed by atoms with Crippen molar-refractivity contribution in [2.45, 2.75) is 76.3 Å². The van der Waals surface area contributed by atoms with Gasteiger partial charge in [-0.15, -0.1) is 6.58 Å². The fourth-order valence-corrected chi connectivity index (χ4v) is 5.31. The number of nitrogens with two attached hydrogens (primary N) is 1. The average molecular weight is 429 g/mol. The second-order valence-corrected chi connectivity index (χ2v) is 9.69. The highest BCUT2D eigenvalue weighted by molar-refractivity contribution is 5.81. The Bertz CT molecular complexity index is 985. The molecule has 1 saturated carbocycles. The van der Waals surface area contributed by atoms with Crippen LogP contribution in [0.2, 0.25) is 0 Å². The summed E-state index contributed by atoms with van der Waals surface area (Å²) < 4.78 is 21.2. The van der Waals surface area contributed by atoms with Crippen LogP contribution >= 0.6 is 0 Å². The fourth-order valence-electron chi connectivity index (χ4n) is 5.31. The summed E-state index contributed by atoms with van der Waals surface area (Å²) in [6.45, 7) is 13.4. The van der Waals surface area contributed by atoms with Crippen molar-refractivity contribution in [1.82, 2.24) is 24.4 Å². The first kappa shape index (κ1) is 20.8.